The molecular weight excluding hydrogens is 314 g/mol. The van der Waals surface area contributed by atoms with Gasteiger partial charge in [-0.15, -0.1) is 0 Å². The minimum atomic E-state index is 0.0441. The molecule has 0 N–H and O–H groups in total. The van der Waals surface area contributed by atoms with Gasteiger partial charge in [-0.05, 0) is 61.8 Å². The average Bonchev–Trinajstić information content (AvgIpc) is 2.64. The normalized spacial score (nSPS) is 11.6. The molecule has 4 rings (SSSR count). The van der Waals surface area contributed by atoms with E-state index in [-0.39, 0.29) is 5.41 Å². The lowest BCUT2D eigenvalue weighted by Gasteiger charge is -2.25. The van der Waals surface area contributed by atoms with Gasteiger partial charge in [-0.2, -0.15) is 5.26 Å². The Labute approximate surface area is 154 Å². The van der Waals surface area contributed by atoms with Crippen LogP contribution in [0, 0.1) is 11.3 Å². The summed E-state index contributed by atoms with van der Waals surface area (Å²) in [6.45, 7) is 6.84. The van der Waals surface area contributed by atoms with Crippen molar-refractivity contribution in [2.24, 2.45) is 0 Å². The van der Waals surface area contributed by atoms with Gasteiger partial charge in [0.1, 0.15) is 0 Å². The number of nitriles is 1. The topological polar surface area (TPSA) is 23.8 Å². The molecule has 0 saturated heterocycles. The van der Waals surface area contributed by atoms with Crippen LogP contribution < -0.4 is 0 Å². The highest BCUT2D eigenvalue weighted by atomic mass is 14.3. The third kappa shape index (κ3) is 2.65. The quantitative estimate of drug-likeness (QED) is 0.350. The predicted octanol–water partition coefficient (Wildman–Crippen LogP) is 6.83. The zero-order valence-electron chi connectivity index (χ0n) is 15.4. The van der Waals surface area contributed by atoms with Gasteiger partial charge in [0.25, 0.3) is 0 Å². The molecule has 0 aliphatic rings. The monoisotopic (exact) mass is 335 g/mol. The van der Waals surface area contributed by atoms with Gasteiger partial charge in [0.2, 0.25) is 0 Å². The first kappa shape index (κ1) is 16.4. The van der Waals surface area contributed by atoms with Gasteiger partial charge in [-0.25, -0.2) is 0 Å². The summed E-state index contributed by atoms with van der Waals surface area (Å²) in [4.78, 5) is 0. The number of fused-ring (bicyclic) bond motifs is 2. The number of rotatable bonds is 1. The molecule has 0 aliphatic carbocycles. The fraction of sp³-hybridized carbons (Fsp3) is 0.160. The molecule has 1 nitrogen and oxygen atoms in total. The Morgan fingerprint density at radius 2 is 1.42 bits per heavy atom. The summed E-state index contributed by atoms with van der Waals surface area (Å²) in [5.74, 6) is 0. The highest BCUT2D eigenvalue weighted by molar-refractivity contribution is 6.08. The highest BCUT2D eigenvalue weighted by Crippen LogP contribution is 2.40. The van der Waals surface area contributed by atoms with Crippen LogP contribution in [0.5, 0.6) is 0 Å². The maximum absolute atomic E-state index is 9.07. The molecule has 1 heteroatoms. The largest absolute Gasteiger partial charge is 0.192 e. The molecular formula is C25H21N. The molecule has 4 aromatic rings. The van der Waals surface area contributed by atoms with Crippen LogP contribution in [0.4, 0.5) is 0 Å². The van der Waals surface area contributed by atoms with Crippen molar-refractivity contribution >= 4 is 21.5 Å². The van der Waals surface area contributed by atoms with Crippen LogP contribution in [0.2, 0.25) is 0 Å². The molecule has 0 amide bonds. The summed E-state index contributed by atoms with van der Waals surface area (Å²) < 4.78 is 0. The second-order valence-corrected chi connectivity index (χ2v) is 7.81. The smallest absolute Gasteiger partial charge is 0.0991 e. The van der Waals surface area contributed by atoms with Gasteiger partial charge in [0.05, 0.1) is 11.6 Å². The molecule has 0 heterocycles. The van der Waals surface area contributed by atoms with E-state index in [1.165, 1.54) is 32.7 Å². The standard InChI is InChI=1S/C25H21N/c1-25(2,3)24-21-8-5-4-7-19(21)15-23-20(9-6-10-22(23)24)18-13-11-17(16-26)12-14-18/h4-15H,1-3H3. The van der Waals surface area contributed by atoms with Crippen LogP contribution in [0.3, 0.4) is 0 Å². The maximum atomic E-state index is 9.07. The van der Waals surface area contributed by atoms with Crippen molar-refractivity contribution in [3.05, 3.63) is 83.9 Å². The van der Waals surface area contributed by atoms with Crippen LogP contribution in [-0.2, 0) is 5.41 Å². The van der Waals surface area contributed by atoms with Crippen molar-refractivity contribution in [1.82, 2.24) is 0 Å². The van der Waals surface area contributed by atoms with E-state index >= 15 is 0 Å². The van der Waals surface area contributed by atoms with Crippen molar-refractivity contribution in [3.8, 4) is 17.2 Å². The first-order valence-corrected chi connectivity index (χ1v) is 8.94. The minimum absolute atomic E-state index is 0.0441. The van der Waals surface area contributed by atoms with E-state index in [0.717, 1.165) is 5.56 Å². The molecule has 0 spiro atoms. The van der Waals surface area contributed by atoms with E-state index in [9.17, 15) is 0 Å². The van der Waals surface area contributed by atoms with Crippen LogP contribution in [0.1, 0.15) is 31.9 Å². The van der Waals surface area contributed by atoms with E-state index < -0.39 is 0 Å². The van der Waals surface area contributed by atoms with Crippen LogP contribution in [-0.4, -0.2) is 0 Å². The lowest BCUT2D eigenvalue weighted by atomic mass is 9.79. The second-order valence-electron chi connectivity index (χ2n) is 7.81. The predicted molar refractivity (Wildman–Crippen MR) is 110 cm³/mol. The van der Waals surface area contributed by atoms with Gasteiger partial charge in [-0.3, -0.25) is 0 Å². The summed E-state index contributed by atoms with van der Waals surface area (Å²) in [6.07, 6.45) is 0. The van der Waals surface area contributed by atoms with Gasteiger partial charge >= 0.3 is 0 Å². The number of benzene rings is 4. The van der Waals surface area contributed by atoms with Crippen molar-refractivity contribution in [1.29, 1.82) is 5.26 Å². The molecule has 0 aromatic heterocycles. The van der Waals surface area contributed by atoms with E-state index in [1.54, 1.807) is 0 Å². The van der Waals surface area contributed by atoms with Gasteiger partial charge in [0.15, 0.2) is 0 Å². The fourth-order valence-electron chi connectivity index (χ4n) is 3.87. The molecule has 0 bridgehead atoms. The summed E-state index contributed by atoms with van der Waals surface area (Å²) in [5.41, 5.74) is 4.48. The van der Waals surface area contributed by atoms with Crippen LogP contribution in [0.15, 0.2) is 72.8 Å². The lowest BCUT2D eigenvalue weighted by Crippen LogP contribution is -2.12. The highest BCUT2D eigenvalue weighted by Gasteiger charge is 2.21. The molecule has 0 aliphatic heterocycles. The molecule has 26 heavy (non-hydrogen) atoms. The van der Waals surface area contributed by atoms with Gasteiger partial charge in [0, 0.05) is 0 Å². The first-order valence-electron chi connectivity index (χ1n) is 8.94. The molecule has 4 aromatic carbocycles. The van der Waals surface area contributed by atoms with Crippen molar-refractivity contribution < 1.29 is 0 Å². The maximum Gasteiger partial charge on any atom is 0.0991 e. The lowest BCUT2D eigenvalue weighted by molar-refractivity contribution is 0.601. The SMILES string of the molecule is CC(C)(C)c1c2ccccc2cc2c(-c3ccc(C#N)cc3)cccc12. The average molecular weight is 335 g/mol. The Morgan fingerprint density at radius 3 is 2.12 bits per heavy atom. The van der Waals surface area contributed by atoms with Crippen molar-refractivity contribution in [2.45, 2.75) is 26.2 Å². The molecule has 0 fully saturated rings. The Kier molecular flexibility index (Phi) is 3.78. The van der Waals surface area contributed by atoms with Crippen LogP contribution in [0.25, 0.3) is 32.7 Å². The molecule has 0 atom stereocenters. The van der Waals surface area contributed by atoms with E-state index in [0.29, 0.717) is 5.56 Å². The third-order valence-corrected chi connectivity index (χ3v) is 4.98. The summed E-state index contributed by atoms with van der Waals surface area (Å²) >= 11 is 0. The summed E-state index contributed by atoms with van der Waals surface area (Å²) in [5, 5.41) is 14.2. The van der Waals surface area contributed by atoms with Gasteiger partial charge < -0.3 is 0 Å². The molecule has 0 radical (unpaired) electrons. The Balaban J connectivity index is 2.11. The summed E-state index contributed by atoms with van der Waals surface area (Å²) in [7, 11) is 0. The van der Waals surface area contributed by atoms with E-state index in [1.807, 2.05) is 24.3 Å². The molecule has 0 unspecified atom stereocenters. The molecule has 126 valence electrons. The minimum Gasteiger partial charge on any atom is -0.192 e. The zero-order valence-corrected chi connectivity index (χ0v) is 15.4. The number of hydrogen-bond donors (Lipinski definition) is 0. The Morgan fingerprint density at radius 1 is 0.731 bits per heavy atom. The van der Waals surface area contributed by atoms with E-state index in [4.69, 9.17) is 5.26 Å². The van der Waals surface area contributed by atoms with Crippen molar-refractivity contribution in [3.63, 3.8) is 0 Å². The van der Waals surface area contributed by atoms with Crippen LogP contribution >= 0.6 is 0 Å². The fourth-order valence-corrected chi connectivity index (χ4v) is 3.87. The number of nitrogens with zero attached hydrogens (tertiary/aromatic N) is 1. The molecule has 0 saturated carbocycles. The third-order valence-electron chi connectivity index (χ3n) is 4.98. The van der Waals surface area contributed by atoms with E-state index in [2.05, 4.69) is 75.4 Å². The first-order chi connectivity index (χ1) is 12.5. The van der Waals surface area contributed by atoms with Gasteiger partial charge in [-0.1, -0.05) is 75.4 Å². The summed E-state index contributed by atoms with van der Waals surface area (Å²) in [6, 6.07) is 27.5. The van der Waals surface area contributed by atoms with Crippen molar-refractivity contribution in [2.75, 3.05) is 0 Å². The Bertz CT molecular complexity index is 1150. The zero-order chi connectivity index (χ0) is 18.3. The second kappa shape index (κ2) is 6.00. The Hall–Kier alpha value is -3.11. The number of hydrogen-bond acceptors (Lipinski definition) is 1.